The number of carbonyl (C=O) groups is 2. The second kappa shape index (κ2) is 8.52. The highest BCUT2D eigenvalue weighted by atomic mass is 35.5. The van der Waals surface area contributed by atoms with Crippen molar-refractivity contribution in [2.24, 2.45) is 5.73 Å². The summed E-state index contributed by atoms with van der Waals surface area (Å²) < 4.78 is 0. The quantitative estimate of drug-likeness (QED) is 0.817. The maximum atomic E-state index is 12.1. The Morgan fingerprint density at radius 1 is 1.26 bits per heavy atom. The SMILES string of the molecule is NC(=O)CN1CCC(NC(=O)CCc2ccc(Cl)cc2Cl)CC1. The van der Waals surface area contributed by atoms with Crippen LogP contribution >= 0.6 is 23.2 Å². The van der Waals surface area contributed by atoms with Crippen LogP contribution in [0.1, 0.15) is 24.8 Å². The summed E-state index contributed by atoms with van der Waals surface area (Å²) in [6.45, 7) is 1.84. The largest absolute Gasteiger partial charge is 0.369 e. The number of amides is 2. The second-order valence-corrected chi connectivity index (χ2v) is 6.66. The van der Waals surface area contributed by atoms with Gasteiger partial charge in [0, 0.05) is 35.6 Å². The van der Waals surface area contributed by atoms with E-state index in [1.54, 1.807) is 12.1 Å². The molecule has 5 nitrogen and oxygen atoms in total. The number of piperidine rings is 1. The van der Waals surface area contributed by atoms with E-state index in [0.717, 1.165) is 31.5 Å². The average Bonchev–Trinajstić information content (AvgIpc) is 2.48. The molecule has 3 N–H and O–H groups in total. The Labute approximate surface area is 146 Å². The Morgan fingerprint density at radius 3 is 2.57 bits per heavy atom. The van der Waals surface area contributed by atoms with Crippen molar-refractivity contribution in [2.45, 2.75) is 31.7 Å². The topological polar surface area (TPSA) is 75.4 Å². The first-order valence-electron chi connectivity index (χ1n) is 7.68. The summed E-state index contributed by atoms with van der Waals surface area (Å²) in [4.78, 5) is 25.0. The van der Waals surface area contributed by atoms with Crippen LogP contribution < -0.4 is 11.1 Å². The van der Waals surface area contributed by atoms with Crippen molar-refractivity contribution in [3.63, 3.8) is 0 Å². The molecule has 1 saturated heterocycles. The van der Waals surface area contributed by atoms with Crippen molar-refractivity contribution < 1.29 is 9.59 Å². The number of hydrogen-bond donors (Lipinski definition) is 2. The molecule has 1 aromatic rings. The normalized spacial score (nSPS) is 16.3. The first kappa shape index (κ1) is 18.0. The minimum atomic E-state index is -0.313. The molecule has 2 amide bonds. The van der Waals surface area contributed by atoms with Gasteiger partial charge in [0.15, 0.2) is 0 Å². The van der Waals surface area contributed by atoms with Gasteiger partial charge >= 0.3 is 0 Å². The fourth-order valence-electron chi connectivity index (χ4n) is 2.73. The van der Waals surface area contributed by atoms with Crippen LogP contribution in [0.2, 0.25) is 10.0 Å². The van der Waals surface area contributed by atoms with Crippen molar-refractivity contribution in [2.75, 3.05) is 19.6 Å². The lowest BCUT2D eigenvalue weighted by molar-refractivity contribution is -0.123. The van der Waals surface area contributed by atoms with Crippen LogP contribution in [0.3, 0.4) is 0 Å². The van der Waals surface area contributed by atoms with Gasteiger partial charge in [0.05, 0.1) is 6.54 Å². The maximum Gasteiger partial charge on any atom is 0.231 e. The monoisotopic (exact) mass is 357 g/mol. The number of nitrogens with two attached hydrogens (primary N) is 1. The predicted molar refractivity (Wildman–Crippen MR) is 91.6 cm³/mol. The number of aryl methyl sites for hydroxylation is 1. The molecule has 1 aliphatic heterocycles. The predicted octanol–water partition coefficient (Wildman–Crippen LogP) is 1.99. The van der Waals surface area contributed by atoms with Crippen LogP contribution in [0.25, 0.3) is 0 Å². The molecule has 1 fully saturated rings. The van der Waals surface area contributed by atoms with Gasteiger partial charge in [-0.25, -0.2) is 0 Å². The zero-order valence-electron chi connectivity index (χ0n) is 12.9. The third-order valence-electron chi connectivity index (χ3n) is 3.97. The van der Waals surface area contributed by atoms with E-state index < -0.39 is 0 Å². The average molecular weight is 358 g/mol. The molecular weight excluding hydrogens is 337 g/mol. The van der Waals surface area contributed by atoms with Gasteiger partial charge in [-0.3, -0.25) is 14.5 Å². The highest BCUT2D eigenvalue weighted by molar-refractivity contribution is 6.35. The molecule has 1 heterocycles. The highest BCUT2D eigenvalue weighted by Gasteiger charge is 2.21. The fourth-order valence-corrected chi connectivity index (χ4v) is 3.23. The van der Waals surface area contributed by atoms with E-state index in [1.165, 1.54) is 0 Å². The van der Waals surface area contributed by atoms with Gasteiger partial charge in [0.2, 0.25) is 11.8 Å². The first-order valence-corrected chi connectivity index (χ1v) is 8.43. The molecule has 0 radical (unpaired) electrons. The first-order chi connectivity index (χ1) is 10.9. The molecule has 126 valence electrons. The summed E-state index contributed by atoms with van der Waals surface area (Å²) in [7, 11) is 0. The van der Waals surface area contributed by atoms with E-state index in [9.17, 15) is 9.59 Å². The Bertz CT molecular complexity index is 572. The number of hydrogen-bond acceptors (Lipinski definition) is 3. The number of carbonyl (C=O) groups excluding carboxylic acids is 2. The van der Waals surface area contributed by atoms with Gasteiger partial charge in [0.1, 0.15) is 0 Å². The maximum absolute atomic E-state index is 12.1. The van der Waals surface area contributed by atoms with Gasteiger partial charge in [-0.05, 0) is 37.0 Å². The summed E-state index contributed by atoms with van der Waals surface area (Å²) in [5, 5.41) is 4.22. The van der Waals surface area contributed by atoms with Gasteiger partial charge in [-0.15, -0.1) is 0 Å². The molecule has 1 aliphatic rings. The zero-order valence-corrected chi connectivity index (χ0v) is 14.4. The van der Waals surface area contributed by atoms with Crippen LogP contribution in [-0.4, -0.2) is 42.4 Å². The molecule has 23 heavy (non-hydrogen) atoms. The summed E-state index contributed by atoms with van der Waals surface area (Å²) in [5.41, 5.74) is 6.10. The summed E-state index contributed by atoms with van der Waals surface area (Å²) in [6.07, 6.45) is 2.65. The van der Waals surface area contributed by atoms with E-state index in [0.29, 0.717) is 22.9 Å². The lowest BCUT2D eigenvalue weighted by Gasteiger charge is -2.31. The standard InChI is InChI=1S/C16H21Cl2N3O2/c17-12-3-1-11(14(18)9-12)2-4-16(23)20-13-5-7-21(8-6-13)10-15(19)22/h1,3,9,13H,2,4-8,10H2,(H2,19,22)(H,20,23). The van der Waals surface area contributed by atoms with Gasteiger partial charge < -0.3 is 11.1 Å². The van der Waals surface area contributed by atoms with Gasteiger partial charge in [-0.1, -0.05) is 29.3 Å². The van der Waals surface area contributed by atoms with Crippen LogP contribution in [-0.2, 0) is 16.0 Å². The summed E-state index contributed by atoms with van der Waals surface area (Å²) in [5.74, 6) is -0.295. The van der Waals surface area contributed by atoms with Crippen molar-refractivity contribution in [1.29, 1.82) is 0 Å². The van der Waals surface area contributed by atoms with Crippen molar-refractivity contribution in [1.82, 2.24) is 10.2 Å². The molecule has 0 aromatic heterocycles. The second-order valence-electron chi connectivity index (χ2n) is 5.82. The fraction of sp³-hybridized carbons (Fsp3) is 0.500. The Kier molecular flexibility index (Phi) is 6.69. The van der Waals surface area contributed by atoms with E-state index >= 15 is 0 Å². The van der Waals surface area contributed by atoms with E-state index in [-0.39, 0.29) is 24.4 Å². The smallest absolute Gasteiger partial charge is 0.231 e. The van der Waals surface area contributed by atoms with Crippen molar-refractivity contribution in [3.05, 3.63) is 33.8 Å². The van der Waals surface area contributed by atoms with Gasteiger partial charge in [0.25, 0.3) is 0 Å². The molecule has 0 atom stereocenters. The molecule has 1 aromatic carbocycles. The lowest BCUT2D eigenvalue weighted by Crippen LogP contribution is -2.46. The summed E-state index contributed by atoms with van der Waals surface area (Å²) >= 11 is 12.0. The van der Waals surface area contributed by atoms with E-state index in [2.05, 4.69) is 5.32 Å². The van der Waals surface area contributed by atoms with E-state index in [1.807, 2.05) is 11.0 Å². The third-order valence-corrected chi connectivity index (χ3v) is 4.56. The molecule has 7 heteroatoms. The van der Waals surface area contributed by atoms with Crippen molar-refractivity contribution >= 4 is 35.0 Å². The highest BCUT2D eigenvalue weighted by Crippen LogP contribution is 2.22. The molecule has 0 aliphatic carbocycles. The minimum absolute atomic E-state index is 0.0179. The zero-order chi connectivity index (χ0) is 16.8. The summed E-state index contributed by atoms with van der Waals surface area (Å²) in [6, 6.07) is 5.47. The molecular formula is C16H21Cl2N3O2. The molecule has 0 bridgehead atoms. The number of nitrogens with zero attached hydrogens (tertiary/aromatic N) is 1. The number of nitrogens with one attached hydrogen (secondary N) is 1. The van der Waals surface area contributed by atoms with Crippen LogP contribution in [0.5, 0.6) is 0 Å². The Balaban J connectivity index is 1.72. The number of halogens is 2. The van der Waals surface area contributed by atoms with E-state index in [4.69, 9.17) is 28.9 Å². The minimum Gasteiger partial charge on any atom is -0.369 e. The van der Waals surface area contributed by atoms with Gasteiger partial charge in [-0.2, -0.15) is 0 Å². The third kappa shape index (κ3) is 6.01. The number of rotatable bonds is 6. The lowest BCUT2D eigenvalue weighted by atomic mass is 10.0. The van der Waals surface area contributed by atoms with Crippen LogP contribution in [0.15, 0.2) is 18.2 Å². The number of likely N-dealkylation sites (tertiary alicyclic amines) is 1. The Hall–Kier alpha value is -1.30. The molecule has 0 unspecified atom stereocenters. The molecule has 0 spiro atoms. The molecule has 2 rings (SSSR count). The van der Waals surface area contributed by atoms with Crippen molar-refractivity contribution in [3.8, 4) is 0 Å². The Morgan fingerprint density at radius 2 is 1.96 bits per heavy atom. The number of benzene rings is 1. The number of primary amides is 1. The van der Waals surface area contributed by atoms with Crippen LogP contribution in [0.4, 0.5) is 0 Å². The molecule has 0 saturated carbocycles. The van der Waals surface area contributed by atoms with Crippen LogP contribution in [0, 0.1) is 0 Å².